The number of anilines is 1. The fourth-order valence-electron chi connectivity index (χ4n) is 3.23. The predicted octanol–water partition coefficient (Wildman–Crippen LogP) is 2.03. The largest absolute Gasteiger partial charge is 0.480 e. The fourth-order valence-corrected chi connectivity index (χ4v) is 3.23. The minimum atomic E-state index is -0.793. The topological polar surface area (TPSA) is 72.9 Å². The van der Waals surface area contributed by atoms with Crippen molar-refractivity contribution in [2.75, 3.05) is 38.0 Å². The predicted molar refractivity (Wildman–Crippen MR) is 94.0 cm³/mol. The number of halogens is 1. The van der Waals surface area contributed by atoms with Gasteiger partial charge in [-0.15, -0.1) is 0 Å². The molecule has 1 amide bonds. The number of benzene rings is 1. The number of hydrogen-bond donors (Lipinski definition) is 2. The number of carbonyl (C=O) groups excluding carboxylic acids is 1. The van der Waals surface area contributed by atoms with E-state index in [0.29, 0.717) is 24.7 Å². The SMILES string of the molecule is CCN(CC(=O)O)C1CCN(CCC(=O)Nc2cccc(F)c2)CC1. The average Bonchev–Trinajstić information content (AvgIpc) is 2.58. The molecule has 1 aliphatic rings. The van der Waals surface area contributed by atoms with Gasteiger partial charge < -0.3 is 15.3 Å². The van der Waals surface area contributed by atoms with Gasteiger partial charge in [-0.05, 0) is 50.7 Å². The van der Waals surface area contributed by atoms with Crippen molar-refractivity contribution in [3.05, 3.63) is 30.1 Å². The molecule has 6 nitrogen and oxygen atoms in total. The Morgan fingerprint density at radius 1 is 1.36 bits per heavy atom. The second-order valence-corrected chi connectivity index (χ2v) is 6.34. The van der Waals surface area contributed by atoms with Crippen LogP contribution in [0.5, 0.6) is 0 Å². The van der Waals surface area contributed by atoms with Crippen LogP contribution in [0.1, 0.15) is 26.2 Å². The number of piperidine rings is 1. The molecule has 1 aliphatic heterocycles. The van der Waals surface area contributed by atoms with Crippen LogP contribution in [0.2, 0.25) is 0 Å². The first kappa shape index (κ1) is 19.3. The van der Waals surface area contributed by atoms with Gasteiger partial charge in [0.15, 0.2) is 0 Å². The number of carboxylic acids is 1. The number of carbonyl (C=O) groups is 2. The Kier molecular flexibility index (Phi) is 7.33. The van der Waals surface area contributed by atoms with Crippen LogP contribution in [0.4, 0.5) is 10.1 Å². The Bertz CT molecular complexity index is 589. The molecule has 2 N–H and O–H groups in total. The third-order valence-corrected chi connectivity index (χ3v) is 4.58. The normalized spacial score (nSPS) is 16.1. The molecule has 138 valence electrons. The summed E-state index contributed by atoms with van der Waals surface area (Å²) in [6.07, 6.45) is 2.17. The van der Waals surface area contributed by atoms with E-state index in [2.05, 4.69) is 10.2 Å². The molecular formula is C18H26FN3O3. The molecule has 0 aromatic heterocycles. The zero-order valence-corrected chi connectivity index (χ0v) is 14.6. The monoisotopic (exact) mass is 351 g/mol. The summed E-state index contributed by atoms with van der Waals surface area (Å²) >= 11 is 0. The van der Waals surface area contributed by atoms with Gasteiger partial charge >= 0.3 is 5.97 Å². The van der Waals surface area contributed by atoms with Crippen LogP contribution < -0.4 is 5.32 Å². The Morgan fingerprint density at radius 2 is 2.08 bits per heavy atom. The molecule has 0 bridgehead atoms. The van der Waals surface area contributed by atoms with Gasteiger partial charge in [-0.2, -0.15) is 0 Å². The maximum atomic E-state index is 13.1. The Morgan fingerprint density at radius 3 is 2.68 bits per heavy atom. The van der Waals surface area contributed by atoms with E-state index in [1.807, 2.05) is 11.8 Å². The first-order chi connectivity index (χ1) is 12.0. The highest BCUT2D eigenvalue weighted by atomic mass is 19.1. The van der Waals surface area contributed by atoms with Crippen molar-refractivity contribution in [2.45, 2.75) is 32.2 Å². The number of aliphatic carboxylic acids is 1. The molecule has 1 heterocycles. The van der Waals surface area contributed by atoms with E-state index in [-0.39, 0.29) is 18.3 Å². The van der Waals surface area contributed by atoms with Crippen molar-refractivity contribution >= 4 is 17.6 Å². The summed E-state index contributed by atoms with van der Waals surface area (Å²) in [6, 6.07) is 6.15. The van der Waals surface area contributed by atoms with Crippen LogP contribution in [0.25, 0.3) is 0 Å². The van der Waals surface area contributed by atoms with Gasteiger partial charge in [-0.25, -0.2) is 4.39 Å². The zero-order chi connectivity index (χ0) is 18.2. The summed E-state index contributed by atoms with van der Waals surface area (Å²) in [5.74, 6) is -1.30. The number of carboxylic acid groups (broad SMARTS) is 1. The second kappa shape index (κ2) is 9.48. The summed E-state index contributed by atoms with van der Waals surface area (Å²) in [5.41, 5.74) is 0.468. The lowest BCUT2D eigenvalue weighted by Gasteiger charge is -2.37. The molecule has 0 radical (unpaired) electrons. The molecule has 0 spiro atoms. The number of likely N-dealkylation sites (N-methyl/N-ethyl adjacent to an activating group) is 1. The van der Waals surface area contributed by atoms with Crippen LogP contribution >= 0.6 is 0 Å². The molecule has 1 aromatic carbocycles. The number of amides is 1. The van der Waals surface area contributed by atoms with E-state index in [0.717, 1.165) is 32.5 Å². The molecule has 1 fully saturated rings. The molecule has 0 unspecified atom stereocenters. The van der Waals surface area contributed by atoms with Gasteiger partial charge in [0.05, 0.1) is 6.54 Å². The molecule has 1 aromatic rings. The zero-order valence-electron chi connectivity index (χ0n) is 14.6. The lowest BCUT2D eigenvalue weighted by Crippen LogP contribution is -2.47. The van der Waals surface area contributed by atoms with Gasteiger partial charge in [-0.3, -0.25) is 14.5 Å². The molecule has 2 rings (SSSR count). The molecule has 0 aliphatic carbocycles. The third-order valence-electron chi connectivity index (χ3n) is 4.58. The lowest BCUT2D eigenvalue weighted by atomic mass is 10.0. The summed E-state index contributed by atoms with van der Waals surface area (Å²) < 4.78 is 13.1. The van der Waals surface area contributed by atoms with E-state index in [1.54, 1.807) is 12.1 Å². The Hall–Kier alpha value is -1.99. The van der Waals surface area contributed by atoms with Crippen LogP contribution in [-0.2, 0) is 9.59 Å². The maximum Gasteiger partial charge on any atom is 0.317 e. The number of nitrogens with one attached hydrogen (secondary N) is 1. The van der Waals surface area contributed by atoms with Crippen molar-refractivity contribution < 1.29 is 19.1 Å². The van der Waals surface area contributed by atoms with Crippen LogP contribution in [0.3, 0.4) is 0 Å². The molecule has 25 heavy (non-hydrogen) atoms. The molecule has 7 heteroatoms. The van der Waals surface area contributed by atoms with E-state index in [4.69, 9.17) is 5.11 Å². The summed E-state index contributed by atoms with van der Waals surface area (Å²) in [7, 11) is 0. The highest BCUT2D eigenvalue weighted by Crippen LogP contribution is 2.17. The third kappa shape index (κ3) is 6.43. The molecule has 0 saturated carbocycles. The van der Waals surface area contributed by atoms with Gasteiger partial charge in [0.1, 0.15) is 5.82 Å². The van der Waals surface area contributed by atoms with E-state index in [9.17, 15) is 14.0 Å². The van der Waals surface area contributed by atoms with Crippen LogP contribution in [0, 0.1) is 5.82 Å². The van der Waals surface area contributed by atoms with Crippen LogP contribution in [0.15, 0.2) is 24.3 Å². The molecule has 0 atom stereocenters. The molecular weight excluding hydrogens is 325 g/mol. The first-order valence-electron chi connectivity index (χ1n) is 8.71. The van der Waals surface area contributed by atoms with Gasteiger partial charge in [0.2, 0.25) is 5.91 Å². The van der Waals surface area contributed by atoms with Crippen molar-refractivity contribution in [3.8, 4) is 0 Å². The number of nitrogens with zero attached hydrogens (tertiary/aromatic N) is 2. The van der Waals surface area contributed by atoms with E-state index in [1.165, 1.54) is 12.1 Å². The minimum absolute atomic E-state index is 0.0806. The van der Waals surface area contributed by atoms with Crippen molar-refractivity contribution in [3.63, 3.8) is 0 Å². The highest BCUT2D eigenvalue weighted by Gasteiger charge is 2.25. The van der Waals surface area contributed by atoms with Crippen molar-refractivity contribution in [2.24, 2.45) is 0 Å². The number of likely N-dealkylation sites (tertiary alicyclic amines) is 1. The average molecular weight is 351 g/mol. The van der Waals surface area contributed by atoms with Crippen molar-refractivity contribution in [1.29, 1.82) is 0 Å². The van der Waals surface area contributed by atoms with Crippen molar-refractivity contribution in [1.82, 2.24) is 9.80 Å². The van der Waals surface area contributed by atoms with Gasteiger partial charge in [0.25, 0.3) is 0 Å². The summed E-state index contributed by atoms with van der Waals surface area (Å²) in [6.45, 7) is 5.15. The minimum Gasteiger partial charge on any atom is -0.480 e. The second-order valence-electron chi connectivity index (χ2n) is 6.34. The summed E-state index contributed by atoms with van der Waals surface area (Å²) in [4.78, 5) is 27.1. The van der Waals surface area contributed by atoms with Gasteiger partial charge in [0, 0.05) is 24.7 Å². The van der Waals surface area contributed by atoms with E-state index >= 15 is 0 Å². The lowest BCUT2D eigenvalue weighted by molar-refractivity contribution is -0.139. The number of hydrogen-bond acceptors (Lipinski definition) is 4. The first-order valence-corrected chi connectivity index (χ1v) is 8.71. The fraction of sp³-hybridized carbons (Fsp3) is 0.556. The smallest absolute Gasteiger partial charge is 0.317 e. The number of rotatable bonds is 8. The Labute approximate surface area is 147 Å². The summed E-state index contributed by atoms with van der Waals surface area (Å²) in [5, 5.41) is 11.7. The molecule has 1 saturated heterocycles. The van der Waals surface area contributed by atoms with Gasteiger partial charge in [-0.1, -0.05) is 13.0 Å². The van der Waals surface area contributed by atoms with Crippen LogP contribution in [-0.4, -0.2) is 65.5 Å². The Balaban J connectivity index is 1.71. The maximum absolute atomic E-state index is 13.1. The van der Waals surface area contributed by atoms with E-state index < -0.39 is 5.97 Å². The quantitative estimate of drug-likeness (QED) is 0.750. The standard InChI is InChI=1S/C18H26FN3O3/c1-2-22(13-18(24)25)16-6-9-21(10-7-16)11-8-17(23)20-15-5-3-4-14(19)12-15/h3-5,12,16H,2,6-11,13H2,1H3,(H,20,23)(H,24,25). The highest BCUT2D eigenvalue weighted by molar-refractivity contribution is 5.90.